The Morgan fingerprint density at radius 2 is 1.89 bits per heavy atom. The van der Waals surface area contributed by atoms with Gasteiger partial charge in [0, 0.05) is 13.7 Å². The fourth-order valence-electron chi connectivity index (χ4n) is 2.08. The van der Waals surface area contributed by atoms with Crippen molar-refractivity contribution in [3.8, 4) is 5.75 Å². The molecule has 4 nitrogen and oxygen atoms in total. The van der Waals surface area contributed by atoms with Gasteiger partial charge >= 0.3 is 0 Å². The SMILES string of the molecule is COCOc1ccc(CNOC2CCCC2)cc1. The molecule has 0 heterocycles. The summed E-state index contributed by atoms with van der Waals surface area (Å²) in [5.74, 6) is 0.817. The van der Waals surface area contributed by atoms with Gasteiger partial charge in [0.2, 0.25) is 0 Å². The molecule has 0 aromatic heterocycles. The van der Waals surface area contributed by atoms with E-state index in [1.165, 1.54) is 31.2 Å². The van der Waals surface area contributed by atoms with Gasteiger partial charge in [-0.15, -0.1) is 0 Å². The zero-order valence-electron chi connectivity index (χ0n) is 10.9. The maximum absolute atomic E-state index is 5.60. The summed E-state index contributed by atoms with van der Waals surface area (Å²) in [5.41, 5.74) is 4.22. The number of nitrogens with one attached hydrogen (secondary N) is 1. The van der Waals surface area contributed by atoms with Crippen molar-refractivity contribution in [2.24, 2.45) is 0 Å². The Bertz CT molecular complexity index is 333. The molecule has 1 aliphatic rings. The van der Waals surface area contributed by atoms with E-state index in [1.54, 1.807) is 7.11 Å². The topological polar surface area (TPSA) is 39.7 Å². The van der Waals surface area contributed by atoms with Crippen molar-refractivity contribution in [2.45, 2.75) is 38.3 Å². The number of ether oxygens (including phenoxy) is 2. The van der Waals surface area contributed by atoms with Crippen molar-refractivity contribution in [1.82, 2.24) is 5.48 Å². The van der Waals surface area contributed by atoms with E-state index in [0.29, 0.717) is 6.10 Å². The van der Waals surface area contributed by atoms with E-state index in [0.717, 1.165) is 12.3 Å². The van der Waals surface area contributed by atoms with Crippen molar-refractivity contribution in [1.29, 1.82) is 0 Å². The minimum atomic E-state index is 0.280. The first-order valence-electron chi connectivity index (χ1n) is 6.47. The van der Waals surface area contributed by atoms with E-state index < -0.39 is 0 Å². The van der Waals surface area contributed by atoms with Crippen LogP contribution < -0.4 is 10.2 Å². The van der Waals surface area contributed by atoms with Crippen LogP contribution in [0.5, 0.6) is 5.75 Å². The Hall–Kier alpha value is -1.10. The van der Waals surface area contributed by atoms with Crippen LogP contribution in [0, 0.1) is 0 Å². The lowest BCUT2D eigenvalue weighted by Gasteiger charge is -2.12. The van der Waals surface area contributed by atoms with Gasteiger partial charge in [0.05, 0.1) is 6.10 Å². The highest BCUT2D eigenvalue weighted by atomic mass is 16.7. The molecule has 4 heteroatoms. The van der Waals surface area contributed by atoms with Gasteiger partial charge in [-0.05, 0) is 30.5 Å². The van der Waals surface area contributed by atoms with Gasteiger partial charge in [-0.25, -0.2) is 0 Å². The van der Waals surface area contributed by atoms with Gasteiger partial charge in [-0.3, -0.25) is 4.84 Å². The molecule has 100 valence electrons. The summed E-state index contributed by atoms with van der Waals surface area (Å²) in [4.78, 5) is 5.60. The van der Waals surface area contributed by atoms with Crippen LogP contribution in [0.3, 0.4) is 0 Å². The second-order valence-corrected chi connectivity index (χ2v) is 4.54. The van der Waals surface area contributed by atoms with Crippen molar-refractivity contribution >= 4 is 0 Å². The van der Waals surface area contributed by atoms with Crippen LogP contribution in [0.4, 0.5) is 0 Å². The summed E-state index contributed by atoms with van der Waals surface area (Å²) in [6.07, 6.45) is 5.33. The Kier molecular flexibility index (Phi) is 5.45. The maximum atomic E-state index is 5.60. The van der Waals surface area contributed by atoms with E-state index in [1.807, 2.05) is 24.3 Å². The first-order chi connectivity index (χ1) is 8.88. The molecule has 0 aliphatic heterocycles. The Labute approximate surface area is 108 Å². The highest BCUT2D eigenvalue weighted by Crippen LogP contribution is 2.20. The highest BCUT2D eigenvalue weighted by molar-refractivity contribution is 5.26. The summed E-state index contributed by atoms with van der Waals surface area (Å²) in [7, 11) is 1.61. The lowest BCUT2D eigenvalue weighted by molar-refractivity contribution is -0.0244. The van der Waals surface area contributed by atoms with E-state index >= 15 is 0 Å². The van der Waals surface area contributed by atoms with Crippen LogP contribution in [0.25, 0.3) is 0 Å². The monoisotopic (exact) mass is 251 g/mol. The van der Waals surface area contributed by atoms with Crippen LogP contribution >= 0.6 is 0 Å². The average molecular weight is 251 g/mol. The molecule has 1 aromatic rings. The molecular formula is C14H21NO3. The minimum absolute atomic E-state index is 0.280. The smallest absolute Gasteiger partial charge is 0.188 e. The molecule has 0 saturated heterocycles. The first-order valence-corrected chi connectivity index (χ1v) is 6.47. The van der Waals surface area contributed by atoms with Crippen molar-refractivity contribution in [3.63, 3.8) is 0 Å². The fraction of sp³-hybridized carbons (Fsp3) is 0.571. The lowest BCUT2D eigenvalue weighted by Crippen LogP contribution is -2.21. The van der Waals surface area contributed by atoms with Gasteiger partial charge in [0.25, 0.3) is 0 Å². The van der Waals surface area contributed by atoms with Crippen LogP contribution in [0.1, 0.15) is 31.2 Å². The second-order valence-electron chi connectivity index (χ2n) is 4.54. The van der Waals surface area contributed by atoms with Crippen LogP contribution in [-0.4, -0.2) is 20.0 Å². The third-order valence-corrected chi connectivity index (χ3v) is 3.10. The standard InChI is InChI=1S/C14H21NO3/c1-16-11-17-13-8-6-12(7-9-13)10-15-18-14-4-2-3-5-14/h6-9,14-15H,2-5,10-11H2,1H3. The summed E-state index contributed by atoms with van der Waals surface area (Å²) in [6, 6.07) is 7.92. The molecule has 0 spiro atoms. The van der Waals surface area contributed by atoms with Crippen LogP contribution in [-0.2, 0) is 16.1 Å². The fourth-order valence-corrected chi connectivity index (χ4v) is 2.08. The zero-order valence-corrected chi connectivity index (χ0v) is 10.9. The first kappa shape index (κ1) is 13.3. The van der Waals surface area contributed by atoms with E-state index in [2.05, 4.69) is 5.48 Å². The Morgan fingerprint density at radius 3 is 2.56 bits per heavy atom. The number of hydrogen-bond acceptors (Lipinski definition) is 4. The molecule has 0 unspecified atom stereocenters. The third-order valence-electron chi connectivity index (χ3n) is 3.10. The lowest BCUT2D eigenvalue weighted by atomic mass is 10.2. The zero-order chi connectivity index (χ0) is 12.6. The number of hydroxylamine groups is 1. The van der Waals surface area contributed by atoms with Gasteiger partial charge < -0.3 is 9.47 Å². The molecule has 1 aliphatic carbocycles. The van der Waals surface area contributed by atoms with Crippen LogP contribution in [0.2, 0.25) is 0 Å². The van der Waals surface area contributed by atoms with Gasteiger partial charge in [0.15, 0.2) is 6.79 Å². The summed E-state index contributed by atoms with van der Waals surface area (Å²) >= 11 is 0. The largest absolute Gasteiger partial charge is 0.468 e. The predicted octanol–water partition coefficient (Wildman–Crippen LogP) is 2.63. The maximum Gasteiger partial charge on any atom is 0.188 e. The third kappa shape index (κ3) is 4.29. The van der Waals surface area contributed by atoms with Crippen molar-refractivity contribution < 1.29 is 14.3 Å². The van der Waals surface area contributed by atoms with Gasteiger partial charge in [-0.1, -0.05) is 25.0 Å². The average Bonchev–Trinajstić information content (AvgIpc) is 2.91. The summed E-state index contributed by atoms with van der Waals surface area (Å²) in [5, 5.41) is 0. The van der Waals surface area contributed by atoms with Crippen LogP contribution in [0.15, 0.2) is 24.3 Å². The van der Waals surface area contributed by atoms with Crippen molar-refractivity contribution in [3.05, 3.63) is 29.8 Å². The molecular weight excluding hydrogens is 230 g/mol. The predicted molar refractivity (Wildman–Crippen MR) is 69.1 cm³/mol. The van der Waals surface area contributed by atoms with E-state index in [-0.39, 0.29) is 6.79 Å². The van der Waals surface area contributed by atoms with E-state index in [4.69, 9.17) is 14.3 Å². The summed E-state index contributed by atoms with van der Waals surface area (Å²) < 4.78 is 10.2. The molecule has 2 rings (SSSR count). The molecule has 1 fully saturated rings. The molecule has 0 amide bonds. The molecule has 1 saturated carbocycles. The quantitative estimate of drug-likeness (QED) is 0.597. The number of methoxy groups -OCH3 is 1. The normalized spacial score (nSPS) is 16.1. The molecule has 0 radical (unpaired) electrons. The molecule has 1 N–H and O–H groups in total. The number of benzene rings is 1. The minimum Gasteiger partial charge on any atom is -0.468 e. The van der Waals surface area contributed by atoms with Gasteiger partial charge in [0.1, 0.15) is 5.75 Å². The molecule has 0 atom stereocenters. The second kappa shape index (κ2) is 7.36. The highest BCUT2D eigenvalue weighted by Gasteiger charge is 2.15. The number of hydrogen-bond donors (Lipinski definition) is 1. The summed E-state index contributed by atoms with van der Waals surface area (Å²) in [6.45, 7) is 1.00. The molecule has 1 aromatic carbocycles. The van der Waals surface area contributed by atoms with Gasteiger partial charge in [-0.2, -0.15) is 5.48 Å². The Balaban J connectivity index is 1.68. The Morgan fingerprint density at radius 1 is 1.17 bits per heavy atom. The molecule has 18 heavy (non-hydrogen) atoms. The number of rotatable bonds is 7. The van der Waals surface area contributed by atoms with Crippen molar-refractivity contribution in [2.75, 3.05) is 13.9 Å². The molecule has 0 bridgehead atoms. The van der Waals surface area contributed by atoms with E-state index in [9.17, 15) is 0 Å².